The lowest BCUT2D eigenvalue weighted by molar-refractivity contribution is -0.384. The van der Waals surface area contributed by atoms with Crippen LogP contribution in [0.1, 0.15) is 0 Å². The summed E-state index contributed by atoms with van der Waals surface area (Å²) in [6.07, 6.45) is 0. The molecule has 0 unspecified atom stereocenters. The van der Waals surface area contributed by atoms with Crippen molar-refractivity contribution in [2.45, 2.75) is 0 Å². The molecule has 0 radical (unpaired) electrons. The number of nitrogens with zero attached hydrogens (tertiary/aromatic N) is 1. The second kappa shape index (κ2) is 9.30. The summed E-state index contributed by atoms with van der Waals surface area (Å²) < 4.78 is 4.86. The second-order valence-electron chi connectivity index (χ2n) is 3.87. The Hall–Kier alpha value is -1.75. The summed E-state index contributed by atoms with van der Waals surface area (Å²) in [6, 6.07) is 4.00. The molecule has 0 saturated carbocycles. The average Bonchev–Trinajstić information content (AvgIpc) is 2.47. The number of ether oxygens (including phenoxy) is 1. The van der Waals surface area contributed by atoms with Crippen LogP contribution in [0.3, 0.4) is 0 Å². The molecular weight excluding hydrogens is 350 g/mol. The first-order chi connectivity index (χ1) is 10.4. The number of methoxy groups -OCH3 is 1. The van der Waals surface area contributed by atoms with Gasteiger partial charge in [0.2, 0.25) is 0 Å². The van der Waals surface area contributed by atoms with E-state index in [1.165, 1.54) is 18.2 Å². The highest BCUT2D eigenvalue weighted by Gasteiger charge is 2.10. The smallest absolute Gasteiger partial charge is 0.271 e. The van der Waals surface area contributed by atoms with Crippen LogP contribution < -0.4 is 21.5 Å². The SMILES string of the molecule is COCCNC(=S)NNC(=S)Nc1cc([N+](=O)[O-])ccc1Cl. The van der Waals surface area contributed by atoms with E-state index in [0.717, 1.165) is 0 Å². The fourth-order valence-electron chi connectivity index (χ4n) is 1.30. The second-order valence-corrected chi connectivity index (χ2v) is 5.10. The lowest BCUT2D eigenvalue weighted by atomic mass is 10.3. The number of anilines is 1. The van der Waals surface area contributed by atoms with Gasteiger partial charge in [-0.3, -0.25) is 21.0 Å². The summed E-state index contributed by atoms with van der Waals surface area (Å²) in [5.74, 6) is 0. The highest BCUT2D eigenvalue weighted by atomic mass is 35.5. The van der Waals surface area contributed by atoms with Gasteiger partial charge < -0.3 is 15.4 Å². The maximum absolute atomic E-state index is 10.7. The van der Waals surface area contributed by atoms with Gasteiger partial charge in [0.15, 0.2) is 10.2 Å². The summed E-state index contributed by atoms with van der Waals surface area (Å²) in [5, 5.41) is 17.1. The molecule has 120 valence electrons. The molecule has 4 N–H and O–H groups in total. The molecule has 0 atom stereocenters. The van der Waals surface area contributed by atoms with Crippen LogP contribution in [-0.2, 0) is 4.74 Å². The van der Waals surface area contributed by atoms with Gasteiger partial charge in [-0.15, -0.1) is 0 Å². The largest absolute Gasteiger partial charge is 0.383 e. The Balaban J connectivity index is 2.50. The van der Waals surface area contributed by atoms with Crippen molar-refractivity contribution in [3.8, 4) is 0 Å². The highest BCUT2D eigenvalue weighted by Crippen LogP contribution is 2.26. The van der Waals surface area contributed by atoms with Crippen LogP contribution in [0.4, 0.5) is 11.4 Å². The minimum Gasteiger partial charge on any atom is -0.383 e. The van der Waals surface area contributed by atoms with Crippen LogP contribution in [0.2, 0.25) is 5.02 Å². The lowest BCUT2D eigenvalue weighted by Gasteiger charge is -2.14. The van der Waals surface area contributed by atoms with Crippen molar-refractivity contribution in [2.24, 2.45) is 0 Å². The van der Waals surface area contributed by atoms with Gasteiger partial charge >= 0.3 is 0 Å². The first-order valence-corrected chi connectivity index (χ1v) is 7.17. The van der Waals surface area contributed by atoms with Crippen LogP contribution in [0.5, 0.6) is 0 Å². The maximum Gasteiger partial charge on any atom is 0.271 e. The van der Waals surface area contributed by atoms with Gasteiger partial charge in [0.05, 0.1) is 22.2 Å². The molecule has 1 aromatic rings. The predicted octanol–water partition coefficient (Wildman–Crippen LogP) is 1.56. The number of thiocarbonyl (C=S) groups is 2. The Labute approximate surface area is 142 Å². The third-order valence-corrected chi connectivity index (χ3v) is 3.07. The Kier molecular flexibility index (Phi) is 7.74. The van der Waals surface area contributed by atoms with Crippen LogP contribution in [0.25, 0.3) is 0 Å². The molecule has 0 heterocycles. The third kappa shape index (κ3) is 6.35. The van der Waals surface area contributed by atoms with Crippen molar-refractivity contribution < 1.29 is 9.66 Å². The van der Waals surface area contributed by atoms with E-state index in [2.05, 4.69) is 21.5 Å². The normalized spacial score (nSPS) is 9.73. The van der Waals surface area contributed by atoms with E-state index < -0.39 is 4.92 Å². The Morgan fingerprint density at radius 2 is 2.05 bits per heavy atom. The third-order valence-electron chi connectivity index (χ3n) is 2.29. The molecule has 0 aliphatic carbocycles. The van der Waals surface area contributed by atoms with E-state index >= 15 is 0 Å². The first-order valence-electron chi connectivity index (χ1n) is 5.97. The van der Waals surface area contributed by atoms with Gasteiger partial charge in [-0.25, -0.2) is 0 Å². The number of rotatable bonds is 5. The van der Waals surface area contributed by atoms with Crippen molar-refractivity contribution in [3.05, 3.63) is 33.3 Å². The van der Waals surface area contributed by atoms with Crippen molar-refractivity contribution >= 4 is 57.6 Å². The fraction of sp³-hybridized carbons (Fsp3) is 0.273. The molecule has 1 aromatic carbocycles. The van der Waals surface area contributed by atoms with Gasteiger partial charge in [0.25, 0.3) is 5.69 Å². The molecule has 0 saturated heterocycles. The molecule has 0 aliphatic rings. The van der Waals surface area contributed by atoms with Crippen molar-refractivity contribution in [1.82, 2.24) is 16.2 Å². The zero-order chi connectivity index (χ0) is 16.5. The molecule has 0 aromatic heterocycles. The molecule has 0 spiro atoms. The Morgan fingerprint density at radius 1 is 1.36 bits per heavy atom. The molecule has 0 bridgehead atoms. The highest BCUT2D eigenvalue weighted by molar-refractivity contribution is 7.80. The number of nitro groups is 1. The number of hydrazine groups is 1. The lowest BCUT2D eigenvalue weighted by Crippen LogP contribution is -2.48. The summed E-state index contributed by atoms with van der Waals surface area (Å²) in [4.78, 5) is 10.2. The number of nitrogens with one attached hydrogen (secondary N) is 4. The van der Waals surface area contributed by atoms with E-state index in [4.69, 9.17) is 40.8 Å². The van der Waals surface area contributed by atoms with E-state index in [9.17, 15) is 10.1 Å². The first kappa shape index (κ1) is 18.3. The van der Waals surface area contributed by atoms with Crippen LogP contribution >= 0.6 is 36.0 Å². The van der Waals surface area contributed by atoms with Gasteiger partial charge in [0, 0.05) is 25.8 Å². The molecular formula is C11H14ClN5O3S2. The molecule has 8 nitrogen and oxygen atoms in total. The van der Waals surface area contributed by atoms with Gasteiger partial charge in [-0.1, -0.05) is 11.6 Å². The summed E-state index contributed by atoms with van der Waals surface area (Å²) in [7, 11) is 1.58. The van der Waals surface area contributed by atoms with E-state index in [1.807, 2.05) is 0 Å². The van der Waals surface area contributed by atoms with E-state index in [0.29, 0.717) is 29.0 Å². The van der Waals surface area contributed by atoms with E-state index in [1.54, 1.807) is 7.11 Å². The van der Waals surface area contributed by atoms with Crippen molar-refractivity contribution in [2.75, 3.05) is 25.6 Å². The number of non-ortho nitro benzene ring substituents is 1. The molecule has 0 fully saturated rings. The Bertz CT molecular complexity index is 573. The van der Waals surface area contributed by atoms with E-state index in [-0.39, 0.29) is 10.8 Å². The van der Waals surface area contributed by atoms with Crippen molar-refractivity contribution in [1.29, 1.82) is 0 Å². The maximum atomic E-state index is 10.7. The zero-order valence-corrected chi connectivity index (χ0v) is 13.9. The molecule has 11 heteroatoms. The summed E-state index contributed by atoms with van der Waals surface area (Å²) in [6.45, 7) is 1.05. The zero-order valence-electron chi connectivity index (χ0n) is 11.5. The van der Waals surface area contributed by atoms with Crippen LogP contribution in [-0.4, -0.2) is 35.4 Å². The number of hydrogen-bond donors (Lipinski definition) is 4. The monoisotopic (exact) mass is 363 g/mol. The average molecular weight is 364 g/mol. The summed E-state index contributed by atoms with van der Waals surface area (Å²) >= 11 is 16.0. The van der Waals surface area contributed by atoms with Gasteiger partial charge in [0.1, 0.15) is 0 Å². The van der Waals surface area contributed by atoms with Crippen LogP contribution in [0.15, 0.2) is 18.2 Å². The minimum absolute atomic E-state index is 0.0978. The Morgan fingerprint density at radius 3 is 2.68 bits per heavy atom. The molecule has 0 amide bonds. The van der Waals surface area contributed by atoms with Gasteiger partial charge in [-0.2, -0.15) is 0 Å². The van der Waals surface area contributed by atoms with Crippen LogP contribution in [0, 0.1) is 10.1 Å². The quantitative estimate of drug-likeness (QED) is 0.269. The number of halogens is 1. The fourth-order valence-corrected chi connectivity index (χ4v) is 1.78. The van der Waals surface area contributed by atoms with Crippen molar-refractivity contribution in [3.63, 3.8) is 0 Å². The number of hydrogen-bond acceptors (Lipinski definition) is 5. The standard InChI is InChI=1S/C11H14ClN5O3S2/c1-20-5-4-13-10(21)15-16-11(22)14-9-6-7(17(18)19)2-3-8(9)12/h2-3,6H,4-5H2,1H3,(H2,13,15,21)(H2,14,16,22). The summed E-state index contributed by atoms with van der Waals surface area (Å²) in [5.41, 5.74) is 5.50. The molecule has 22 heavy (non-hydrogen) atoms. The number of benzene rings is 1. The predicted molar refractivity (Wildman–Crippen MR) is 93.1 cm³/mol. The number of nitro benzene ring substituents is 1. The van der Waals surface area contributed by atoms with Gasteiger partial charge in [-0.05, 0) is 30.5 Å². The molecule has 0 aliphatic heterocycles. The minimum atomic E-state index is -0.523. The molecule has 1 rings (SSSR count). The topological polar surface area (TPSA) is 100 Å².